The summed E-state index contributed by atoms with van der Waals surface area (Å²) in [5.74, 6) is 0.165. The molecule has 0 aromatic carbocycles. The second-order valence-electron chi connectivity index (χ2n) is 2.88. The quantitative estimate of drug-likeness (QED) is 0.634. The van der Waals surface area contributed by atoms with Gasteiger partial charge in [-0.1, -0.05) is 12.1 Å². The highest BCUT2D eigenvalue weighted by Gasteiger charge is 2.03. The molecule has 0 amide bonds. The van der Waals surface area contributed by atoms with Crippen LogP contribution in [0.2, 0.25) is 0 Å². The van der Waals surface area contributed by atoms with Crippen molar-refractivity contribution in [1.82, 2.24) is 15.0 Å². The Hall–Kier alpha value is -0.940. The molecule has 1 aromatic rings. The lowest BCUT2D eigenvalue weighted by Gasteiger charge is -2.05. The number of rotatable bonds is 4. The molecule has 68 valence electrons. The fourth-order valence-corrected chi connectivity index (χ4v) is 0.877. The van der Waals surface area contributed by atoms with E-state index in [1.165, 1.54) is 0 Å². The summed E-state index contributed by atoms with van der Waals surface area (Å²) >= 11 is 0. The van der Waals surface area contributed by atoms with Gasteiger partial charge in [0.1, 0.15) is 5.69 Å². The highest BCUT2D eigenvalue weighted by Crippen LogP contribution is 1.99. The molecule has 12 heavy (non-hydrogen) atoms. The first kappa shape index (κ1) is 9.15. The van der Waals surface area contributed by atoms with E-state index in [0.29, 0.717) is 12.2 Å². The molecule has 0 aliphatic heterocycles. The van der Waals surface area contributed by atoms with E-state index in [2.05, 4.69) is 10.3 Å². The van der Waals surface area contributed by atoms with Crippen molar-refractivity contribution in [1.29, 1.82) is 0 Å². The van der Waals surface area contributed by atoms with Crippen molar-refractivity contribution in [2.75, 3.05) is 6.61 Å². The number of aliphatic hydroxyl groups excluding tert-OH is 2. The second-order valence-corrected chi connectivity index (χ2v) is 2.88. The molecule has 5 heteroatoms. The Balaban J connectivity index is 2.52. The summed E-state index contributed by atoms with van der Waals surface area (Å²) in [5, 5.41) is 24.9. The van der Waals surface area contributed by atoms with Crippen molar-refractivity contribution in [2.24, 2.45) is 5.92 Å². The van der Waals surface area contributed by atoms with Gasteiger partial charge < -0.3 is 10.2 Å². The van der Waals surface area contributed by atoms with Crippen LogP contribution in [0.25, 0.3) is 0 Å². The summed E-state index contributed by atoms with van der Waals surface area (Å²) < 4.78 is 1.62. The van der Waals surface area contributed by atoms with Crippen LogP contribution in [-0.4, -0.2) is 31.8 Å². The van der Waals surface area contributed by atoms with Gasteiger partial charge in [0.15, 0.2) is 0 Å². The van der Waals surface area contributed by atoms with Crippen LogP contribution in [0.1, 0.15) is 12.6 Å². The zero-order valence-corrected chi connectivity index (χ0v) is 7.01. The molecule has 0 saturated carbocycles. The standard InChI is InChI=1S/C7H13N3O2/c1-6(4-11)2-10-3-7(5-12)8-9-10/h3,6,11-12H,2,4-5H2,1H3. The summed E-state index contributed by atoms with van der Waals surface area (Å²) in [4.78, 5) is 0. The zero-order chi connectivity index (χ0) is 8.97. The van der Waals surface area contributed by atoms with Gasteiger partial charge in [-0.15, -0.1) is 5.10 Å². The van der Waals surface area contributed by atoms with Gasteiger partial charge in [-0.2, -0.15) is 0 Å². The normalized spacial score (nSPS) is 13.2. The Bertz CT molecular complexity index is 236. The average Bonchev–Trinajstić information content (AvgIpc) is 2.52. The van der Waals surface area contributed by atoms with Crippen molar-refractivity contribution in [3.05, 3.63) is 11.9 Å². The predicted molar refractivity (Wildman–Crippen MR) is 42.2 cm³/mol. The van der Waals surface area contributed by atoms with Gasteiger partial charge in [-0.05, 0) is 5.92 Å². The van der Waals surface area contributed by atoms with E-state index in [-0.39, 0.29) is 19.1 Å². The fourth-order valence-electron chi connectivity index (χ4n) is 0.877. The zero-order valence-electron chi connectivity index (χ0n) is 7.01. The molecule has 1 atom stereocenters. The van der Waals surface area contributed by atoms with Gasteiger partial charge in [0, 0.05) is 13.2 Å². The third-order valence-corrected chi connectivity index (χ3v) is 1.56. The molecule has 0 saturated heterocycles. The maximum Gasteiger partial charge on any atom is 0.108 e. The smallest absolute Gasteiger partial charge is 0.108 e. The maximum absolute atomic E-state index is 8.75. The van der Waals surface area contributed by atoms with Gasteiger partial charge in [-0.3, -0.25) is 4.68 Å². The predicted octanol–water partition coefficient (Wildman–Crippen LogP) is -0.601. The molecule has 0 fully saturated rings. The largest absolute Gasteiger partial charge is 0.396 e. The SMILES string of the molecule is CC(CO)Cn1cc(CO)nn1. The van der Waals surface area contributed by atoms with Crippen LogP contribution in [0.3, 0.4) is 0 Å². The molecule has 1 rings (SSSR count). The molecule has 1 unspecified atom stereocenters. The van der Waals surface area contributed by atoms with Crippen molar-refractivity contribution < 1.29 is 10.2 Å². The Morgan fingerprint density at radius 1 is 1.58 bits per heavy atom. The highest BCUT2D eigenvalue weighted by atomic mass is 16.3. The lowest BCUT2D eigenvalue weighted by Crippen LogP contribution is -2.11. The summed E-state index contributed by atoms with van der Waals surface area (Å²) in [5.41, 5.74) is 0.556. The molecule has 1 heterocycles. The molecule has 0 aliphatic carbocycles. The monoisotopic (exact) mass is 171 g/mol. The third-order valence-electron chi connectivity index (χ3n) is 1.56. The van der Waals surface area contributed by atoms with E-state index in [0.717, 1.165) is 0 Å². The number of hydrogen-bond acceptors (Lipinski definition) is 4. The molecule has 5 nitrogen and oxygen atoms in total. The molecule has 0 aliphatic rings. The maximum atomic E-state index is 8.75. The summed E-state index contributed by atoms with van der Waals surface area (Å²) in [6, 6.07) is 0. The lowest BCUT2D eigenvalue weighted by molar-refractivity contribution is 0.218. The van der Waals surface area contributed by atoms with E-state index in [1.54, 1.807) is 10.9 Å². The third kappa shape index (κ3) is 2.28. The van der Waals surface area contributed by atoms with E-state index in [4.69, 9.17) is 10.2 Å². The van der Waals surface area contributed by atoms with Crippen molar-refractivity contribution in [2.45, 2.75) is 20.1 Å². The average molecular weight is 171 g/mol. The second kappa shape index (κ2) is 4.18. The van der Waals surface area contributed by atoms with Crippen LogP contribution in [0, 0.1) is 5.92 Å². The van der Waals surface area contributed by atoms with Gasteiger partial charge in [-0.25, -0.2) is 0 Å². The van der Waals surface area contributed by atoms with Crippen molar-refractivity contribution >= 4 is 0 Å². The van der Waals surface area contributed by atoms with Crippen LogP contribution in [-0.2, 0) is 13.2 Å². The van der Waals surface area contributed by atoms with Crippen LogP contribution < -0.4 is 0 Å². The van der Waals surface area contributed by atoms with Crippen LogP contribution in [0.4, 0.5) is 0 Å². The van der Waals surface area contributed by atoms with Crippen LogP contribution >= 0.6 is 0 Å². The van der Waals surface area contributed by atoms with E-state index >= 15 is 0 Å². The summed E-state index contributed by atoms with van der Waals surface area (Å²) in [7, 11) is 0. The minimum atomic E-state index is -0.0898. The number of nitrogens with zero attached hydrogens (tertiary/aromatic N) is 3. The van der Waals surface area contributed by atoms with E-state index in [1.807, 2.05) is 6.92 Å². The Labute approximate surface area is 70.6 Å². The molecular formula is C7H13N3O2. The van der Waals surface area contributed by atoms with Crippen LogP contribution in [0.5, 0.6) is 0 Å². The first-order chi connectivity index (χ1) is 5.76. The molecule has 0 radical (unpaired) electrons. The Kier molecular flexibility index (Phi) is 3.19. The first-order valence-corrected chi connectivity index (χ1v) is 3.87. The van der Waals surface area contributed by atoms with Crippen LogP contribution in [0.15, 0.2) is 6.20 Å². The summed E-state index contributed by atoms with van der Waals surface area (Å²) in [6.45, 7) is 2.59. The lowest BCUT2D eigenvalue weighted by atomic mass is 10.2. The van der Waals surface area contributed by atoms with Crippen molar-refractivity contribution in [3.63, 3.8) is 0 Å². The molecule has 0 spiro atoms. The van der Waals surface area contributed by atoms with Gasteiger partial charge >= 0.3 is 0 Å². The minimum Gasteiger partial charge on any atom is -0.396 e. The number of aromatic nitrogens is 3. The fraction of sp³-hybridized carbons (Fsp3) is 0.714. The summed E-state index contributed by atoms with van der Waals surface area (Å²) in [6.07, 6.45) is 1.67. The number of hydrogen-bond donors (Lipinski definition) is 2. The van der Waals surface area contributed by atoms with Gasteiger partial charge in [0.25, 0.3) is 0 Å². The topological polar surface area (TPSA) is 71.2 Å². The minimum absolute atomic E-state index is 0.0898. The van der Waals surface area contributed by atoms with Gasteiger partial charge in [0.2, 0.25) is 0 Å². The molecule has 0 bridgehead atoms. The molecule has 2 N–H and O–H groups in total. The first-order valence-electron chi connectivity index (χ1n) is 3.87. The molecular weight excluding hydrogens is 158 g/mol. The highest BCUT2D eigenvalue weighted by molar-refractivity contribution is 4.88. The number of aliphatic hydroxyl groups is 2. The Morgan fingerprint density at radius 3 is 2.83 bits per heavy atom. The molecule has 1 aromatic heterocycles. The van der Waals surface area contributed by atoms with Crippen molar-refractivity contribution in [3.8, 4) is 0 Å². The van der Waals surface area contributed by atoms with Gasteiger partial charge in [0.05, 0.1) is 12.8 Å². The van der Waals surface area contributed by atoms with E-state index < -0.39 is 0 Å². The van der Waals surface area contributed by atoms with E-state index in [9.17, 15) is 0 Å². The Morgan fingerprint density at radius 2 is 2.33 bits per heavy atom.